The van der Waals surface area contributed by atoms with E-state index in [-0.39, 0.29) is 41.2 Å². The summed E-state index contributed by atoms with van der Waals surface area (Å²) in [6, 6.07) is 9.98. The van der Waals surface area contributed by atoms with Crippen LogP contribution in [0.25, 0.3) is 5.76 Å². The number of amides is 1. The molecule has 1 amide bonds. The quantitative estimate of drug-likeness (QED) is 0.247. The van der Waals surface area contributed by atoms with Crippen molar-refractivity contribution in [3.05, 3.63) is 71.0 Å². The van der Waals surface area contributed by atoms with Crippen molar-refractivity contribution in [1.82, 2.24) is 9.21 Å². The smallest absolute Gasteiger partial charge is 0.295 e. The number of morpholine rings is 1. The average Bonchev–Trinajstić information content (AvgIpc) is 3.14. The lowest BCUT2D eigenvalue weighted by atomic mass is 9.95. The van der Waals surface area contributed by atoms with E-state index >= 15 is 0 Å². The molecule has 1 atom stereocenters. The van der Waals surface area contributed by atoms with Gasteiger partial charge in [-0.05, 0) is 36.8 Å². The second kappa shape index (κ2) is 10.9. The van der Waals surface area contributed by atoms with Crippen LogP contribution in [0.4, 0.5) is 4.39 Å². The highest BCUT2D eigenvalue weighted by Gasteiger charge is 2.46. The van der Waals surface area contributed by atoms with Crippen LogP contribution in [0.1, 0.15) is 23.6 Å². The van der Waals surface area contributed by atoms with Crippen LogP contribution in [0.3, 0.4) is 0 Å². The Hall–Kier alpha value is -3.12. The molecule has 2 aromatic rings. The fourth-order valence-electron chi connectivity index (χ4n) is 4.39. The number of benzene rings is 2. The Balaban J connectivity index is 1.73. The Morgan fingerprint density at radius 2 is 1.78 bits per heavy atom. The third-order valence-corrected chi connectivity index (χ3v) is 8.14. The molecular formula is C25H27FN2O7S. The third kappa shape index (κ3) is 4.92. The van der Waals surface area contributed by atoms with Crippen LogP contribution < -0.4 is 0 Å². The van der Waals surface area contributed by atoms with Crippen molar-refractivity contribution in [2.45, 2.75) is 17.4 Å². The fourth-order valence-corrected chi connectivity index (χ4v) is 5.79. The molecule has 9 nitrogen and oxygen atoms in total. The fraction of sp³-hybridized carbons (Fsp3) is 0.360. The molecule has 0 saturated carbocycles. The number of hydrogen-bond acceptors (Lipinski definition) is 7. The van der Waals surface area contributed by atoms with Crippen LogP contribution in [-0.2, 0) is 29.1 Å². The van der Waals surface area contributed by atoms with Gasteiger partial charge in [-0.15, -0.1) is 0 Å². The van der Waals surface area contributed by atoms with Crippen molar-refractivity contribution in [1.29, 1.82) is 0 Å². The summed E-state index contributed by atoms with van der Waals surface area (Å²) < 4.78 is 52.2. The topological polar surface area (TPSA) is 113 Å². The van der Waals surface area contributed by atoms with Gasteiger partial charge in [0, 0.05) is 44.5 Å². The van der Waals surface area contributed by atoms with Gasteiger partial charge in [0.25, 0.3) is 11.7 Å². The van der Waals surface area contributed by atoms with Gasteiger partial charge in [0.2, 0.25) is 10.0 Å². The Bertz CT molecular complexity index is 1270. The molecule has 0 radical (unpaired) electrons. The number of ether oxygens (including phenoxy) is 2. The highest BCUT2D eigenvalue weighted by atomic mass is 32.2. The summed E-state index contributed by atoms with van der Waals surface area (Å²) in [4.78, 5) is 27.1. The summed E-state index contributed by atoms with van der Waals surface area (Å²) >= 11 is 0. The monoisotopic (exact) mass is 518 g/mol. The summed E-state index contributed by atoms with van der Waals surface area (Å²) in [5.74, 6) is -2.93. The predicted molar refractivity (Wildman–Crippen MR) is 128 cm³/mol. The first-order chi connectivity index (χ1) is 17.3. The molecule has 36 heavy (non-hydrogen) atoms. The summed E-state index contributed by atoms with van der Waals surface area (Å²) in [5, 5.41) is 11.1. The lowest BCUT2D eigenvalue weighted by Gasteiger charge is -2.26. The summed E-state index contributed by atoms with van der Waals surface area (Å²) in [7, 11) is -2.25. The van der Waals surface area contributed by atoms with Crippen molar-refractivity contribution in [3.63, 3.8) is 0 Å². The second-order valence-corrected chi connectivity index (χ2v) is 10.3. The van der Waals surface area contributed by atoms with Crippen molar-refractivity contribution in [3.8, 4) is 0 Å². The number of aliphatic hydroxyl groups excluding tert-OH is 1. The number of rotatable bonds is 8. The molecule has 192 valence electrons. The Labute approximate surface area is 208 Å². The van der Waals surface area contributed by atoms with E-state index in [0.29, 0.717) is 26.2 Å². The number of nitrogens with zero attached hydrogens (tertiary/aromatic N) is 2. The summed E-state index contributed by atoms with van der Waals surface area (Å²) in [5.41, 5.74) is -0.0550. The summed E-state index contributed by atoms with van der Waals surface area (Å²) in [6.45, 7) is 1.52. The largest absolute Gasteiger partial charge is 0.507 e. The standard InChI is InChI=1S/C25H27FN2O7S/c1-34-14-4-11-28-22(19-5-2-3-6-20(19)26)21(24(30)25(28)31)23(29)17-7-9-18(10-8-17)36(32,33)27-12-15-35-16-13-27/h2-3,5-10,22,29H,4,11-16H2,1H3/b23-21+/t22-/m0/s1. The number of hydrogen-bond donors (Lipinski definition) is 1. The molecule has 0 aliphatic carbocycles. The lowest BCUT2D eigenvalue weighted by molar-refractivity contribution is -0.140. The van der Waals surface area contributed by atoms with Gasteiger partial charge in [0.1, 0.15) is 11.6 Å². The number of carbonyl (C=O) groups excluding carboxylic acids is 2. The van der Waals surface area contributed by atoms with Crippen molar-refractivity contribution in [2.75, 3.05) is 46.6 Å². The number of likely N-dealkylation sites (tertiary alicyclic amines) is 1. The molecule has 2 aromatic carbocycles. The first-order valence-electron chi connectivity index (χ1n) is 11.5. The molecule has 0 spiro atoms. The average molecular weight is 519 g/mol. The van der Waals surface area contributed by atoms with Crippen LogP contribution in [-0.4, -0.2) is 81.0 Å². The molecule has 2 aliphatic rings. The molecule has 0 bridgehead atoms. The first kappa shape index (κ1) is 26.0. The van der Waals surface area contributed by atoms with Crippen LogP contribution in [0.2, 0.25) is 0 Å². The zero-order chi connectivity index (χ0) is 25.9. The highest BCUT2D eigenvalue weighted by Crippen LogP contribution is 2.40. The van der Waals surface area contributed by atoms with E-state index in [2.05, 4.69) is 0 Å². The minimum Gasteiger partial charge on any atom is -0.507 e. The molecular weight excluding hydrogens is 491 g/mol. The van der Waals surface area contributed by atoms with Gasteiger partial charge in [0.15, 0.2) is 0 Å². The van der Waals surface area contributed by atoms with Gasteiger partial charge in [0.05, 0.1) is 29.7 Å². The predicted octanol–water partition coefficient (Wildman–Crippen LogP) is 2.30. The van der Waals surface area contributed by atoms with Gasteiger partial charge in [-0.3, -0.25) is 9.59 Å². The van der Waals surface area contributed by atoms with E-state index in [4.69, 9.17) is 9.47 Å². The minimum atomic E-state index is -3.76. The molecule has 0 unspecified atom stereocenters. The van der Waals surface area contributed by atoms with E-state index in [9.17, 15) is 27.5 Å². The maximum Gasteiger partial charge on any atom is 0.295 e. The number of Topliss-reactive ketones (excluding diaryl/α,β-unsaturated/α-hetero) is 1. The molecule has 11 heteroatoms. The molecule has 0 aromatic heterocycles. The van der Waals surface area contributed by atoms with E-state index < -0.39 is 39.3 Å². The van der Waals surface area contributed by atoms with E-state index in [0.717, 1.165) is 0 Å². The number of halogens is 1. The number of methoxy groups -OCH3 is 1. The zero-order valence-electron chi connectivity index (χ0n) is 19.7. The van der Waals surface area contributed by atoms with Crippen LogP contribution in [0.5, 0.6) is 0 Å². The number of ketones is 1. The molecule has 2 aliphatic heterocycles. The molecule has 2 saturated heterocycles. The van der Waals surface area contributed by atoms with Gasteiger partial charge in [-0.25, -0.2) is 12.8 Å². The number of sulfonamides is 1. The number of carbonyl (C=O) groups is 2. The Morgan fingerprint density at radius 1 is 1.11 bits per heavy atom. The minimum absolute atomic E-state index is 0.0200. The van der Waals surface area contributed by atoms with Gasteiger partial charge in [-0.2, -0.15) is 4.31 Å². The van der Waals surface area contributed by atoms with Gasteiger partial charge < -0.3 is 19.5 Å². The molecule has 2 heterocycles. The molecule has 2 fully saturated rings. The molecule has 4 rings (SSSR count). The van der Waals surface area contributed by atoms with E-state index in [1.807, 2.05) is 0 Å². The molecule has 1 N–H and O–H groups in total. The van der Waals surface area contributed by atoms with Gasteiger partial charge >= 0.3 is 0 Å². The first-order valence-corrected chi connectivity index (χ1v) is 12.9. The highest BCUT2D eigenvalue weighted by molar-refractivity contribution is 7.89. The Kier molecular flexibility index (Phi) is 7.84. The summed E-state index contributed by atoms with van der Waals surface area (Å²) in [6.07, 6.45) is 0.405. The third-order valence-electron chi connectivity index (χ3n) is 6.22. The zero-order valence-corrected chi connectivity index (χ0v) is 20.5. The van der Waals surface area contributed by atoms with Crippen molar-refractivity contribution < 1.29 is 37.0 Å². The SMILES string of the molecule is COCCCN1C(=O)C(=O)/C(=C(/O)c2ccc(S(=O)(=O)N3CCOCC3)cc2)[C@@H]1c1ccccc1F. The normalized spacial score (nSPS) is 20.7. The van der Waals surface area contributed by atoms with Crippen molar-refractivity contribution in [2.24, 2.45) is 0 Å². The van der Waals surface area contributed by atoms with Crippen LogP contribution >= 0.6 is 0 Å². The van der Waals surface area contributed by atoms with Crippen LogP contribution in [0.15, 0.2) is 59.0 Å². The Morgan fingerprint density at radius 3 is 2.42 bits per heavy atom. The second-order valence-electron chi connectivity index (χ2n) is 8.40. The van der Waals surface area contributed by atoms with Crippen molar-refractivity contribution >= 4 is 27.5 Å². The maximum atomic E-state index is 14.8. The lowest BCUT2D eigenvalue weighted by Crippen LogP contribution is -2.40. The van der Waals surface area contributed by atoms with Crippen LogP contribution in [0, 0.1) is 5.82 Å². The van der Waals surface area contributed by atoms with Gasteiger partial charge in [-0.1, -0.05) is 18.2 Å². The number of aliphatic hydroxyl groups is 1. The van der Waals surface area contributed by atoms with E-state index in [1.54, 1.807) is 6.07 Å². The maximum absolute atomic E-state index is 14.8. The van der Waals surface area contributed by atoms with E-state index in [1.165, 1.54) is 58.8 Å².